The molecule has 4 rings (SSSR count). The Bertz CT molecular complexity index is 649. The molecule has 1 heterocycles. The second kappa shape index (κ2) is 5.09. The van der Waals surface area contributed by atoms with Gasteiger partial charge in [-0.2, -0.15) is 0 Å². The Balaban J connectivity index is 1.66. The third-order valence-electron chi connectivity index (χ3n) is 6.76. The van der Waals surface area contributed by atoms with Gasteiger partial charge in [0.15, 0.2) is 0 Å². The van der Waals surface area contributed by atoms with Crippen molar-refractivity contribution in [3.63, 3.8) is 0 Å². The predicted molar refractivity (Wildman–Crippen MR) is 98.6 cm³/mol. The molecule has 0 bridgehead atoms. The van der Waals surface area contributed by atoms with Crippen molar-refractivity contribution < 1.29 is 9.39 Å². The monoisotopic (exact) mass is 376 g/mol. The molecule has 2 aliphatic carbocycles. The van der Waals surface area contributed by atoms with E-state index >= 15 is 0 Å². The minimum atomic E-state index is -0.295. The summed E-state index contributed by atoms with van der Waals surface area (Å²) in [5.74, 6) is 0. The first-order chi connectivity index (χ1) is 10.7. The van der Waals surface area contributed by atoms with Crippen LogP contribution in [0.3, 0.4) is 0 Å². The molecular formula is C19H26BBrO2. The first-order valence-electron chi connectivity index (χ1n) is 8.89. The van der Waals surface area contributed by atoms with Gasteiger partial charge in [-0.3, -0.25) is 0 Å². The van der Waals surface area contributed by atoms with Crippen LogP contribution >= 0.6 is 15.9 Å². The molecule has 1 aromatic carbocycles. The molecule has 0 N–H and O–H groups in total. The standard InChI is InChI=1S/C19H26BBrO2/c1-17(2)18(3,4)23-20(12-22-17)14-10-13-6-9-19(7-5-8-19)16(13)15(21)11-14/h10-11H,5-9,12H2,1-4H3. The largest absolute Gasteiger partial charge is 0.421 e. The van der Waals surface area contributed by atoms with Crippen LogP contribution in [0.25, 0.3) is 0 Å². The lowest BCUT2D eigenvalue weighted by Crippen LogP contribution is -2.61. The average molecular weight is 377 g/mol. The summed E-state index contributed by atoms with van der Waals surface area (Å²) in [5.41, 5.74) is 4.31. The van der Waals surface area contributed by atoms with Gasteiger partial charge >= 0.3 is 6.92 Å². The van der Waals surface area contributed by atoms with Crippen molar-refractivity contribution >= 4 is 28.3 Å². The molecule has 1 spiro atoms. The summed E-state index contributed by atoms with van der Waals surface area (Å²) in [6.07, 6.45) is 6.65. The van der Waals surface area contributed by atoms with E-state index in [1.54, 1.807) is 5.56 Å². The fourth-order valence-corrected chi connectivity index (χ4v) is 5.36. The Kier molecular flexibility index (Phi) is 3.58. The van der Waals surface area contributed by atoms with Crippen LogP contribution < -0.4 is 5.46 Å². The molecule has 4 heteroatoms. The Morgan fingerprint density at radius 1 is 1.04 bits per heavy atom. The number of fused-ring (bicyclic) bond motifs is 2. The topological polar surface area (TPSA) is 18.5 Å². The number of hydrogen-bond acceptors (Lipinski definition) is 2. The van der Waals surface area contributed by atoms with E-state index in [2.05, 4.69) is 55.8 Å². The minimum absolute atomic E-state index is 0.0255. The number of aryl methyl sites for hydroxylation is 1. The smallest absolute Gasteiger partial charge is 0.354 e. The van der Waals surface area contributed by atoms with Gasteiger partial charge in [-0.05, 0) is 75.4 Å². The maximum atomic E-state index is 6.44. The van der Waals surface area contributed by atoms with Crippen molar-refractivity contribution in [1.82, 2.24) is 0 Å². The highest BCUT2D eigenvalue weighted by Gasteiger charge is 2.48. The molecule has 1 saturated carbocycles. The van der Waals surface area contributed by atoms with E-state index in [4.69, 9.17) is 9.39 Å². The molecule has 2 nitrogen and oxygen atoms in total. The molecule has 1 aromatic rings. The van der Waals surface area contributed by atoms with Crippen LogP contribution in [0, 0.1) is 0 Å². The van der Waals surface area contributed by atoms with E-state index in [1.165, 1.54) is 47.6 Å². The van der Waals surface area contributed by atoms with E-state index in [9.17, 15) is 0 Å². The number of halogens is 1. The average Bonchev–Trinajstić information content (AvgIpc) is 2.82. The maximum Gasteiger partial charge on any atom is 0.354 e. The van der Waals surface area contributed by atoms with Crippen LogP contribution in [0.1, 0.15) is 64.5 Å². The molecule has 0 amide bonds. The van der Waals surface area contributed by atoms with Crippen LogP contribution in [0.15, 0.2) is 16.6 Å². The van der Waals surface area contributed by atoms with Crippen LogP contribution in [-0.2, 0) is 21.2 Å². The summed E-state index contributed by atoms with van der Waals surface area (Å²) in [5, 5.41) is 0. The Hall–Kier alpha value is -0.315. The molecule has 1 aliphatic heterocycles. The molecule has 23 heavy (non-hydrogen) atoms. The molecule has 0 atom stereocenters. The lowest BCUT2D eigenvalue weighted by Gasteiger charge is -2.48. The summed E-state index contributed by atoms with van der Waals surface area (Å²) in [6, 6.07) is 4.67. The van der Waals surface area contributed by atoms with Gasteiger partial charge in [-0.1, -0.05) is 34.5 Å². The van der Waals surface area contributed by atoms with Gasteiger partial charge in [-0.25, -0.2) is 0 Å². The highest BCUT2D eigenvalue weighted by molar-refractivity contribution is 9.10. The lowest BCUT2D eigenvalue weighted by molar-refractivity contribution is -0.152. The van der Waals surface area contributed by atoms with E-state index in [-0.39, 0.29) is 18.1 Å². The van der Waals surface area contributed by atoms with Crippen molar-refractivity contribution in [2.24, 2.45) is 0 Å². The third kappa shape index (κ3) is 2.36. The van der Waals surface area contributed by atoms with Gasteiger partial charge in [0.2, 0.25) is 0 Å². The second-order valence-electron chi connectivity index (χ2n) is 8.61. The molecule has 0 aromatic heterocycles. The third-order valence-corrected chi connectivity index (χ3v) is 7.39. The summed E-state index contributed by atoms with van der Waals surface area (Å²) in [6.45, 7) is 9.14. The molecular weight excluding hydrogens is 351 g/mol. The summed E-state index contributed by atoms with van der Waals surface area (Å²) in [4.78, 5) is 0. The molecule has 0 radical (unpaired) electrons. The van der Waals surface area contributed by atoms with Crippen molar-refractivity contribution in [3.8, 4) is 0 Å². The van der Waals surface area contributed by atoms with Crippen molar-refractivity contribution in [3.05, 3.63) is 27.7 Å². The first-order valence-corrected chi connectivity index (χ1v) is 9.68. The zero-order valence-electron chi connectivity index (χ0n) is 14.7. The number of rotatable bonds is 1. The number of benzene rings is 1. The molecule has 2 fully saturated rings. The summed E-state index contributed by atoms with van der Waals surface area (Å²) in [7, 11) is 0. The zero-order chi connectivity index (χ0) is 16.5. The minimum Gasteiger partial charge on any atom is -0.421 e. The van der Waals surface area contributed by atoms with E-state index < -0.39 is 0 Å². The van der Waals surface area contributed by atoms with Gasteiger partial charge in [0.1, 0.15) is 0 Å². The molecule has 3 aliphatic rings. The van der Waals surface area contributed by atoms with Gasteiger partial charge < -0.3 is 9.39 Å². The predicted octanol–water partition coefficient (Wildman–Crippen LogP) is 4.16. The Morgan fingerprint density at radius 2 is 1.78 bits per heavy atom. The van der Waals surface area contributed by atoms with E-state index in [0.717, 1.165) is 0 Å². The highest BCUT2D eigenvalue weighted by atomic mass is 79.9. The van der Waals surface area contributed by atoms with Crippen LogP contribution in [0.5, 0.6) is 0 Å². The quantitative estimate of drug-likeness (QED) is 0.685. The van der Waals surface area contributed by atoms with Gasteiger partial charge in [-0.15, -0.1) is 0 Å². The van der Waals surface area contributed by atoms with Crippen molar-refractivity contribution in [2.45, 2.75) is 76.4 Å². The van der Waals surface area contributed by atoms with Crippen LogP contribution in [0.4, 0.5) is 0 Å². The Labute approximate surface area is 148 Å². The zero-order valence-corrected chi connectivity index (χ0v) is 16.3. The lowest BCUT2D eigenvalue weighted by atomic mass is 9.58. The SMILES string of the molecule is CC1(C)OCB(c2cc(Br)c3c(c2)CCC32CCC2)OC1(C)C. The van der Waals surface area contributed by atoms with Crippen molar-refractivity contribution in [1.29, 1.82) is 0 Å². The fourth-order valence-electron chi connectivity index (χ4n) is 4.42. The van der Waals surface area contributed by atoms with Crippen LogP contribution in [-0.4, -0.2) is 24.6 Å². The van der Waals surface area contributed by atoms with E-state index in [0.29, 0.717) is 11.9 Å². The van der Waals surface area contributed by atoms with E-state index in [1.807, 2.05) is 0 Å². The first kappa shape index (κ1) is 16.2. The number of hydrogen-bond donors (Lipinski definition) is 0. The molecule has 0 unspecified atom stereocenters. The Morgan fingerprint density at radius 3 is 2.39 bits per heavy atom. The van der Waals surface area contributed by atoms with Gasteiger partial charge in [0, 0.05) is 4.47 Å². The van der Waals surface area contributed by atoms with Crippen LogP contribution in [0.2, 0.25) is 0 Å². The highest BCUT2D eigenvalue weighted by Crippen LogP contribution is 2.54. The summed E-state index contributed by atoms with van der Waals surface area (Å²) >= 11 is 3.87. The summed E-state index contributed by atoms with van der Waals surface area (Å²) < 4.78 is 13.9. The van der Waals surface area contributed by atoms with Crippen molar-refractivity contribution in [2.75, 3.05) is 6.51 Å². The second-order valence-corrected chi connectivity index (χ2v) is 9.46. The normalized spacial score (nSPS) is 26.9. The maximum absolute atomic E-state index is 6.44. The van der Waals surface area contributed by atoms with Gasteiger partial charge in [0.25, 0.3) is 0 Å². The fraction of sp³-hybridized carbons (Fsp3) is 0.684. The number of ether oxygens (including phenoxy) is 1. The molecule has 1 saturated heterocycles. The van der Waals surface area contributed by atoms with Gasteiger partial charge in [0.05, 0.1) is 17.7 Å². The molecule has 124 valence electrons.